The Labute approximate surface area is 116 Å². The Morgan fingerprint density at radius 1 is 1.20 bits per heavy atom. The Bertz CT molecular complexity index is 623. The molecule has 2 unspecified atom stereocenters. The molecule has 3 N–H and O–H groups in total. The van der Waals surface area contributed by atoms with Crippen molar-refractivity contribution in [3.8, 4) is 5.75 Å². The quantitative estimate of drug-likeness (QED) is 0.737. The summed E-state index contributed by atoms with van der Waals surface area (Å²) in [6.45, 7) is 1.70. The largest absolute Gasteiger partial charge is 0.508 e. The number of carbonyl (C=O) groups excluding carboxylic acids is 1. The van der Waals surface area contributed by atoms with E-state index in [0.29, 0.717) is 5.39 Å². The molecule has 0 heterocycles. The van der Waals surface area contributed by atoms with Crippen LogP contribution in [0.25, 0.3) is 10.8 Å². The van der Waals surface area contributed by atoms with Crippen LogP contribution in [0.4, 0.5) is 0 Å². The van der Waals surface area contributed by atoms with Gasteiger partial charge in [0.05, 0.1) is 6.61 Å². The SMILES string of the molecule is CCOC(=O)C(O)C(O)c1c(O)ccc2ccccc12. The lowest BCUT2D eigenvalue weighted by atomic mass is 9.96. The van der Waals surface area contributed by atoms with Crippen molar-refractivity contribution >= 4 is 16.7 Å². The van der Waals surface area contributed by atoms with Gasteiger partial charge in [0, 0.05) is 5.56 Å². The first kappa shape index (κ1) is 14.3. The monoisotopic (exact) mass is 276 g/mol. The normalized spacial score (nSPS) is 13.9. The Hall–Kier alpha value is -2.11. The van der Waals surface area contributed by atoms with Crippen LogP contribution < -0.4 is 0 Å². The summed E-state index contributed by atoms with van der Waals surface area (Å²) in [6.07, 6.45) is -3.30. The maximum Gasteiger partial charge on any atom is 0.338 e. The molecule has 0 aliphatic rings. The number of rotatable bonds is 4. The van der Waals surface area contributed by atoms with Gasteiger partial charge >= 0.3 is 5.97 Å². The molecule has 2 atom stereocenters. The first-order valence-corrected chi connectivity index (χ1v) is 6.29. The molecule has 0 bridgehead atoms. The van der Waals surface area contributed by atoms with E-state index >= 15 is 0 Å². The number of phenols is 1. The zero-order valence-electron chi connectivity index (χ0n) is 11.0. The highest BCUT2D eigenvalue weighted by Crippen LogP contribution is 2.34. The zero-order chi connectivity index (χ0) is 14.7. The molecule has 0 spiro atoms. The number of ether oxygens (including phenoxy) is 1. The number of esters is 1. The second kappa shape index (κ2) is 5.90. The number of aliphatic hydroxyl groups is 2. The molecule has 0 radical (unpaired) electrons. The predicted octanol–water partition coefficient (Wildman–Crippen LogP) is 1.50. The first-order valence-electron chi connectivity index (χ1n) is 6.29. The van der Waals surface area contributed by atoms with Gasteiger partial charge in [-0.15, -0.1) is 0 Å². The molecule has 0 saturated carbocycles. The molecule has 2 aromatic rings. The van der Waals surface area contributed by atoms with Crippen LogP contribution in [-0.2, 0) is 9.53 Å². The van der Waals surface area contributed by atoms with Crippen molar-refractivity contribution in [2.75, 3.05) is 6.61 Å². The van der Waals surface area contributed by atoms with E-state index in [1.165, 1.54) is 6.07 Å². The third-order valence-electron chi connectivity index (χ3n) is 3.07. The summed E-state index contributed by atoms with van der Waals surface area (Å²) < 4.78 is 4.67. The van der Waals surface area contributed by atoms with Crippen LogP contribution >= 0.6 is 0 Å². The number of aliphatic hydroxyl groups excluding tert-OH is 2. The van der Waals surface area contributed by atoms with Crippen molar-refractivity contribution in [1.82, 2.24) is 0 Å². The van der Waals surface area contributed by atoms with Crippen LogP contribution in [0.1, 0.15) is 18.6 Å². The Morgan fingerprint density at radius 2 is 1.90 bits per heavy atom. The second-order valence-corrected chi connectivity index (χ2v) is 4.36. The van der Waals surface area contributed by atoms with E-state index < -0.39 is 18.2 Å². The molecule has 0 amide bonds. The average Bonchev–Trinajstić information content (AvgIpc) is 2.46. The third-order valence-corrected chi connectivity index (χ3v) is 3.07. The van der Waals surface area contributed by atoms with Gasteiger partial charge in [-0.05, 0) is 23.8 Å². The predicted molar refractivity (Wildman–Crippen MR) is 73.2 cm³/mol. The minimum Gasteiger partial charge on any atom is -0.508 e. The van der Waals surface area contributed by atoms with Crippen LogP contribution in [0, 0.1) is 0 Å². The molecule has 20 heavy (non-hydrogen) atoms. The first-order chi connectivity index (χ1) is 9.56. The van der Waals surface area contributed by atoms with Crippen LogP contribution in [0.5, 0.6) is 5.75 Å². The Balaban J connectivity index is 2.46. The van der Waals surface area contributed by atoms with E-state index in [9.17, 15) is 20.1 Å². The fourth-order valence-corrected chi connectivity index (χ4v) is 2.11. The molecule has 0 fully saturated rings. The van der Waals surface area contributed by atoms with Gasteiger partial charge in [0.25, 0.3) is 0 Å². The molecular weight excluding hydrogens is 260 g/mol. The minimum atomic E-state index is -1.74. The fraction of sp³-hybridized carbons (Fsp3) is 0.267. The zero-order valence-corrected chi connectivity index (χ0v) is 11.0. The number of phenolic OH excluding ortho intramolecular Hbond substituents is 1. The Morgan fingerprint density at radius 3 is 2.60 bits per heavy atom. The van der Waals surface area contributed by atoms with Crippen LogP contribution in [0.15, 0.2) is 36.4 Å². The van der Waals surface area contributed by atoms with Crippen LogP contribution in [0.3, 0.4) is 0 Å². The summed E-state index contributed by atoms with van der Waals surface area (Å²) in [7, 11) is 0. The number of carbonyl (C=O) groups is 1. The molecule has 5 heteroatoms. The molecule has 2 rings (SSSR count). The maximum absolute atomic E-state index is 11.5. The lowest BCUT2D eigenvalue weighted by Gasteiger charge is -2.19. The molecule has 0 aliphatic carbocycles. The summed E-state index contributed by atoms with van der Waals surface area (Å²) >= 11 is 0. The fourth-order valence-electron chi connectivity index (χ4n) is 2.11. The maximum atomic E-state index is 11.5. The minimum absolute atomic E-state index is 0.101. The van der Waals surface area contributed by atoms with Crippen molar-refractivity contribution in [3.05, 3.63) is 42.0 Å². The van der Waals surface area contributed by atoms with E-state index in [1.54, 1.807) is 25.1 Å². The van der Waals surface area contributed by atoms with Gasteiger partial charge in [-0.3, -0.25) is 0 Å². The summed E-state index contributed by atoms with van der Waals surface area (Å²) in [5.41, 5.74) is 0.114. The third kappa shape index (κ3) is 2.59. The molecular formula is C15H16O5. The van der Waals surface area contributed by atoms with Gasteiger partial charge in [0.15, 0.2) is 6.10 Å². The van der Waals surface area contributed by atoms with Gasteiger partial charge in [0.1, 0.15) is 11.9 Å². The molecule has 0 aromatic heterocycles. The molecule has 106 valence electrons. The number of aromatic hydroxyl groups is 1. The number of fused-ring (bicyclic) bond motifs is 1. The second-order valence-electron chi connectivity index (χ2n) is 4.36. The van der Waals surface area contributed by atoms with E-state index in [4.69, 9.17) is 0 Å². The number of benzene rings is 2. The molecule has 5 nitrogen and oxygen atoms in total. The lowest BCUT2D eigenvalue weighted by Crippen LogP contribution is -2.30. The van der Waals surface area contributed by atoms with Crippen molar-refractivity contribution < 1.29 is 24.9 Å². The van der Waals surface area contributed by atoms with Crippen molar-refractivity contribution in [3.63, 3.8) is 0 Å². The Kier molecular flexibility index (Phi) is 4.22. The molecule has 0 saturated heterocycles. The highest BCUT2D eigenvalue weighted by atomic mass is 16.5. The van der Waals surface area contributed by atoms with E-state index in [-0.39, 0.29) is 17.9 Å². The van der Waals surface area contributed by atoms with Gasteiger partial charge < -0.3 is 20.1 Å². The smallest absolute Gasteiger partial charge is 0.338 e. The van der Waals surface area contributed by atoms with E-state index in [2.05, 4.69) is 4.74 Å². The summed E-state index contributed by atoms with van der Waals surface area (Å²) in [4.78, 5) is 11.5. The molecule has 0 aliphatic heterocycles. The van der Waals surface area contributed by atoms with E-state index in [0.717, 1.165) is 5.39 Å². The number of hydrogen-bond donors (Lipinski definition) is 3. The summed E-state index contributed by atoms with van der Waals surface area (Å²) in [5.74, 6) is -1.10. The topological polar surface area (TPSA) is 87.0 Å². The standard InChI is InChI=1S/C15H16O5/c1-2-20-15(19)14(18)13(17)12-10-6-4-3-5-9(10)7-8-11(12)16/h3-8,13-14,16-18H,2H2,1H3. The number of hydrogen-bond acceptors (Lipinski definition) is 5. The average molecular weight is 276 g/mol. The van der Waals surface area contributed by atoms with Gasteiger partial charge in [0.2, 0.25) is 0 Å². The lowest BCUT2D eigenvalue weighted by molar-refractivity contribution is -0.159. The van der Waals surface area contributed by atoms with Crippen molar-refractivity contribution in [2.45, 2.75) is 19.1 Å². The van der Waals surface area contributed by atoms with Crippen LogP contribution in [0.2, 0.25) is 0 Å². The van der Waals surface area contributed by atoms with Crippen molar-refractivity contribution in [2.24, 2.45) is 0 Å². The molecule has 2 aromatic carbocycles. The van der Waals surface area contributed by atoms with Crippen LogP contribution in [-0.4, -0.2) is 34.0 Å². The van der Waals surface area contributed by atoms with Crippen molar-refractivity contribution in [1.29, 1.82) is 0 Å². The van der Waals surface area contributed by atoms with Gasteiger partial charge in [-0.1, -0.05) is 30.3 Å². The summed E-state index contributed by atoms with van der Waals surface area (Å²) in [5, 5.41) is 31.2. The van der Waals surface area contributed by atoms with Gasteiger partial charge in [-0.2, -0.15) is 0 Å². The highest BCUT2D eigenvalue weighted by Gasteiger charge is 2.30. The summed E-state index contributed by atoms with van der Waals surface area (Å²) in [6, 6.07) is 10.2. The van der Waals surface area contributed by atoms with Gasteiger partial charge in [-0.25, -0.2) is 4.79 Å². The highest BCUT2D eigenvalue weighted by molar-refractivity contribution is 5.89. The van der Waals surface area contributed by atoms with E-state index in [1.807, 2.05) is 12.1 Å².